The number of hydrogen-bond acceptors (Lipinski definition) is 6. The highest BCUT2D eigenvalue weighted by Crippen LogP contribution is 2.53. The number of aliphatic hydroxyl groups is 1. The molecule has 0 amide bonds. The molecule has 2 heterocycles. The lowest BCUT2D eigenvalue weighted by atomic mass is 9.65. The van der Waals surface area contributed by atoms with Crippen LogP contribution in [-0.4, -0.2) is 25.8 Å². The maximum absolute atomic E-state index is 12.3. The molecule has 5 aromatic rings. The third kappa shape index (κ3) is 5.10. The van der Waals surface area contributed by atoms with Crippen LogP contribution in [0.3, 0.4) is 0 Å². The summed E-state index contributed by atoms with van der Waals surface area (Å²) in [5.74, 6) is 1.85. The first kappa shape index (κ1) is 29.4. The van der Waals surface area contributed by atoms with E-state index in [1.807, 2.05) is 38.2 Å². The second-order valence-electron chi connectivity index (χ2n) is 11.8. The van der Waals surface area contributed by atoms with Crippen LogP contribution in [0, 0.1) is 0 Å². The predicted molar refractivity (Wildman–Crippen MR) is 171 cm³/mol. The zero-order valence-corrected chi connectivity index (χ0v) is 26.5. The standard InChI is InChI=1S/C34H30Cl3N3O4/c1-3-29(41)31-22-11-9-19(13-28(22)40(2)38-31)20-15-34(42,16-20)24-12-10-21(14-27(24)37)43-17-23-32(39-44-33(23)18-7-8-18)30-25(35)5-4-6-26(30)36/h4-6,9-14,18,20,42H,3,7-8,15-17H2,1-2H3. The minimum atomic E-state index is -1.05. The fourth-order valence-corrected chi connectivity index (χ4v) is 7.20. The van der Waals surface area contributed by atoms with Crippen LogP contribution in [-0.2, 0) is 19.3 Å². The van der Waals surface area contributed by atoms with Crippen molar-refractivity contribution in [3.8, 4) is 17.0 Å². The fourth-order valence-electron chi connectivity index (χ4n) is 6.28. The highest BCUT2D eigenvalue weighted by molar-refractivity contribution is 6.39. The van der Waals surface area contributed by atoms with Crippen LogP contribution in [0.15, 0.2) is 59.1 Å². The number of halogens is 3. The largest absolute Gasteiger partial charge is 0.489 e. The molecular weight excluding hydrogens is 621 g/mol. The molecule has 0 spiro atoms. The Morgan fingerprint density at radius 2 is 1.80 bits per heavy atom. The molecule has 2 fully saturated rings. The van der Waals surface area contributed by atoms with Gasteiger partial charge in [-0.1, -0.05) is 71.1 Å². The molecule has 0 atom stereocenters. The molecular formula is C34H30Cl3N3O4. The highest BCUT2D eigenvalue weighted by Gasteiger charge is 2.46. The lowest BCUT2D eigenvalue weighted by Gasteiger charge is -2.44. The SMILES string of the molecule is CCC(=O)c1nn(C)c2cc(C3CC(O)(c4ccc(OCc5c(-c6c(Cl)cccc6Cl)noc5C5CC5)cc4Cl)C3)ccc12. The molecule has 0 aliphatic heterocycles. The molecule has 2 saturated carbocycles. The zero-order valence-electron chi connectivity index (χ0n) is 24.2. The quantitative estimate of drug-likeness (QED) is 0.160. The van der Waals surface area contributed by atoms with Gasteiger partial charge in [0, 0.05) is 35.9 Å². The average Bonchev–Trinajstić information content (AvgIpc) is 3.67. The van der Waals surface area contributed by atoms with Crippen LogP contribution >= 0.6 is 34.8 Å². The normalized spacial score (nSPS) is 19.7. The number of Topliss-reactive ketones (excluding diaryl/α,β-unsaturated/α-hetero) is 1. The van der Waals surface area contributed by atoms with Crippen LogP contribution in [0.2, 0.25) is 15.1 Å². The van der Waals surface area contributed by atoms with Crippen molar-refractivity contribution in [3.05, 3.63) is 97.8 Å². The van der Waals surface area contributed by atoms with Crippen molar-refractivity contribution in [2.45, 2.75) is 63.1 Å². The molecule has 2 aliphatic rings. The summed E-state index contributed by atoms with van der Waals surface area (Å²) in [5.41, 5.74) is 4.17. The first-order valence-electron chi connectivity index (χ1n) is 14.7. The van der Waals surface area contributed by atoms with E-state index in [2.05, 4.69) is 16.3 Å². The first-order chi connectivity index (χ1) is 21.2. The summed E-state index contributed by atoms with van der Waals surface area (Å²) >= 11 is 19.7. The number of fused-ring (bicyclic) bond motifs is 1. The lowest BCUT2D eigenvalue weighted by Crippen LogP contribution is -2.40. The van der Waals surface area contributed by atoms with E-state index in [-0.39, 0.29) is 18.3 Å². The monoisotopic (exact) mass is 649 g/mol. The van der Waals surface area contributed by atoms with Gasteiger partial charge in [0.05, 0.1) is 31.7 Å². The van der Waals surface area contributed by atoms with E-state index in [4.69, 9.17) is 44.1 Å². The van der Waals surface area contributed by atoms with Gasteiger partial charge in [-0.25, -0.2) is 0 Å². The molecule has 3 aromatic carbocycles. The van der Waals surface area contributed by atoms with E-state index in [9.17, 15) is 9.90 Å². The summed E-state index contributed by atoms with van der Waals surface area (Å²) in [6, 6.07) is 16.8. The molecule has 44 heavy (non-hydrogen) atoms. The number of carbonyl (C=O) groups excluding carboxylic acids is 1. The molecule has 226 valence electrons. The van der Waals surface area contributed by atoms with E-state index >= 15 is 0 Å². The summed E-state index contributed by atoms with van der Waals surface area (Å²) in [6.07, 6.45) is 3.55. The van der Waals surface area contributed by atoms with Gasteiger partial charge in [0.2, 0.25) is 0 Å². The van der Waals surface area contributed by atoms with Gasteiger partial charge in [-0.3, -0.25) is 9.48 Å². The summed E-state index contributed by atoms with van der Waals surface area (Å²) in [7, 11) is 1.85. The Bertz CT molecular complexity index is 1900. The van der Waals surface area contributed by atoms with Crippen molar-refractivity contribution in [2.75, 3.05) is 0 Å². The first-order valence-corrected chi connectivity index (χ1v) is 15.9. The minimum Gasteiger partial charge on any atom is -0.489 e. The minimum absolute atomic E-state index is 0.0265. The molecule has 10 heteroatoms. The number of aromatic nitrogens is 3. The summed E-state index contributed by atoms with van der Waals surface area (Å²) in [5, 5.41) is 22.6. The van der Waals surface area contributed by atoms with Gasteiger partial charge >= 0.3 is 0 Å². The van der Waals surface area contributed by atoms with Crippen LogP contribution in [0.4, 0.5) is 0 Å². The summed E-state index contributed by atoms with van der Waals surface area (Å²) in [4.78, 5) is 12.3. The molecule has 0 bridgehead atoms. The second-order valence-corrected chi connectivity index (χ2v) is 13.1. The molecule has 0 saturated heterocycles. The topological polar surface area (TPSA) is 90.4 Å². The summed E-state index contributed by atoms with van der Waals surface area (Å²) < 4.78 is 13.7. The Balaban J connectivity index is 1.08. The second kappa shape index (κ2) is 11.2. The Kier molecular flexibility index (Phi) is 7.48. The van der Waals surface area contributed by atoms with Gasteiger partial charge in [-0.05, 0) is 67.5 Å². The van der Waals surface area contributed by atoms with Crippen molar-refractivity contribution in [2.24, 2.45) is 7.05 Å². The average molecular weight is 651 g/mol. The van der Waals surface area contributed by atoms with E-state index < -0.39 is 5.60 Å². The molecule has 7 rings (SSSR count). The van der Waals surface area contributed by atoms with E-state index in [0.29, 0.717) is 68.5 Å². The Hall–Kier alpha value is -3.36. The number of benzene rings is 3. The number of hydrogen-bond donors (Lipinski definition) is 1. The Labute approximate surface area is 269 Å². The van der Waals surface area contributed by atoms with Gasteiger partial charge in [0.25, 0.3) is 0 Å². The third-order valence-electron chi connectivity index (χ3n) is 8.89. The van der Waals surface area contributed by atoms with Gasteiger partial charge in [-0.15, -0.1) is 0 Å². The fraction of sp³-hybridized carbons (Fsp3) is 0.324. The maximum atomic E-state index is 12.3. The molecule has 7 nitrogen and oxygen atoms in total. The summed E-state index contributed by atoms with van der Waals surface area (Å²) in [6.45, 7) is 2.04. The van der Waals surface area contributed by atoms with Crippen molar-refractivity contribution in [1.82, 2.24) is 14.9 Å². The predicted octanol–water partition coefficient (Wildman–Crippen LogP) is 9.00. The van der Waals surface area contributed by atoms with Crippen LogP contribution in [0.1, 0.15) is 83.8 Å². The number of nitrogens with zero attached hydrogens (tertiary/aromatic N) is 3. The van der Waals surface area contributed by atoms with Crippen LogP contribution < -0.4 is 4.74 Å². The van der Waals surface area contributed by atoms with Gasteiger partial charge in [-0.2, -0.15) is 5.10 Å². The molecule has 2 aromatic heterocycles. The van der Waals surface area contributed by atoms with Crippen molar-refractivity contribution in [3.63, 3.8) is 0 Å². The zero-order chi connectivity index (χ0) is 30.7. The Morgan fingerprint density at radius 3 is 2.48 bits per heavy atom. The van der Waals surface area contributed by atoms with Crippen LogP contribution in [0.25, 0.3) is 22.2 Å². The van der Waals surface area contributed by atoms with Crippen LogP contribution in [0.5, 0.6) is 5.75 Å². The van der Waals surface area contributed by atoms with E-state index in [1.165, 1.54) is 0 Å². The molecule has 2 aliphatic carbocycles. The van der Waals surface area contributed by atoms with E-state index in [1.54, 1.807) is 28.9 Å². The van der Waals surface area contributed by atoms with Crippen molar-refractivity contribution >= 4 is 51.5 Å². The number of carbonyl (C=O) groups is 1. The lowest BCUT2D eigenvalue weighted by molar-refractivity contribution is -0.0549. The molecule has 0 radical (unpaired) electrons. The number of rotatable bonds is 9. The third-order valence-corrected chi connectivity index (χ3v) is 9.83. The van der Waals surface area contributed by atoms with E-state index in [0.717, 1.165) is 40.6 Å². The van der Waals surface area contributed by atoms with Gasteiger partial charge in [0.15, 0.2) is 5.78 Å². The highest BCUT2D eigenvalue weighted by atomic mass is 35.5. The smallest absolute Gasteiger partial charge is 0.183 e. The number of ketones is 1. The maximum Gasteiger partial charge on any atom is 0.183 e. The number of aryl methyl sites for hydroxylation is 1. The van der Waals surface area contributed by atoms with Crippen molar-refractivity contribution < 1.29 is 19.2 Å². The van der Waals surface area contributed by atoms with Gasteiger partial charge in [0.1, 0.15) is 29.5 Å². The molecule has 0 unspecified atom stereocenters. The number of ether oxygens (including phenoxy) is 1. The molecule has 1 N–H and O–H groups in total. The van der Waals surface area contributed by atoms with Crippen molar-refractivity contribution in [1.29, 1.82) is 0 Å². The van der Waals surface area contributed by atoms with Gasteiger partial charge < -0.3 is 14.4 Å². The Morgan fingerprint density at radius 1 is 1.05 bits per heavy atom.